The fourth-order valence-corrected chi connectivity index (χ4v) is 2.27. The van der Waals surface area contributed by atoms with E-state index >= 15 is 0 Å². The van der Waals surface area contributed by atoms with Gasteiger partial charge in [-0.25, -0.2) is 4.79 Å². The van der Waals surface area contributed by atoms with Gasteiger partial charge in [-0.1, -0.05) is 0 Å². The summed E-state index contributed by atoms with van der Waals surface area (Å²) in [6.45, 7) is 9.19. The zero-order valence-electron chi connectivity index (χ0n) is 12.2. The Hall–Kier alpha value is -1.52. The van der Waals surface area contributed by atoms with Crippen LogP contribution in [0.25, 0.3) is 0 Å². The van der Waals surface area contributed by atoms with Crippen molar-refractivity contribution in [2.45, 2.75) is 52.2 Å². The second-order valence-corrected chi connectivity index (χ2v) is 6.20. The first kappa shape index (κ1) is 13.9. The lowest BCUT2D eigenvalue weighted by atomic mass is 10.1. The van der Waals surface area contributed by atoms with Gasteiger partial charge in [-0.15, -0.1) is 0 Å². The molecule has 0 N–H and O–H groups in total. The quantitative estimate of drug-likeness (QED) is 0.784. The number of hydrogen-bond acceptors (Lipinski definition) is 3. The van der Waals surface area contributed by atoms with E-state index in [1.807, 2.05) is 38.6 Å². The number of carbonyl (C=O) groups is 1. The van der Waals surface area contributed by atoms with Gasteiger partial charge in [0, 0.05) is 19.3 Å². The van der Waals surface area contributed by atoms with Crippen molar-refractivity contribution in [3.63, 3.8) is 0 Å². The largest absolute Gasteiger partial charge is 0.444 e. The summed E-state index contributed by atoms with van der Waals surface area (Å²) in [6.07, 6.45) is 5.59. The molecule has 1 aromatic heterocycles. The smallest absolute Gasteiger partial charge is 0.410 e. The van der Waals surface area contributed by atoms with Crippen molar-refractivity contribution in [3.8, 4) is 0 Å². The van der Waals surface area contributed by atoms with Crippen molar-refractivity contribution in [3.05, 3.63) is 18.0 Å². The molecule has 5 heteroatoms. The highest BCUT2D eigenvalue weighted by atomic mass is 16.6. The number of amides is 1. The second-order valence-electron chi connectivity index (χ2n) is 6.20. The number of carbonyl (C=O) groups excluding carboxylic acids is 1. The molecule has 19 heavy (non-hydrogen) atoms. The molecule has 0 saturated carbocycles. The van der Waals surface area contributed by atoms with Gasteiger partial charge in [0.2, 0.25) is 0 Å². The highest BCUT2D eigenvalue weighted by molar-refractivity contribution is 5.68. The Balaban J connectivity index is 1.87. The molecule has 1 aromatic rings. The SMILES string of the molecule is Cc1cnn(C2CCN(C(=O)OC(C)(C)C)CC2)c1. The number of likely N-dealkylation sites (tertiary alicyclic amines) is 1. The van der Waals surface area contributed by atoms with E-state index in [1.54, 1.807) is 4.90 Å². The van der Waals surface area contributed by atoms with Gasteiger partial charge in [0.25, 0.3) is 0 Å². The summed E-state index contributed by atoms with van der Waals surface area (Å²) in [5.74, 6) is 0. The standard InChI is InChI=1S/C14H23N3O2/c1-11-9-15-17(10-11)12-5-7-16(8-6-12)13(18)19-14(2,3)4/h9-10,12H,5-8H2,1-4H3. The minimum absolute atomic E-state index is 0.206. The third-order valence-electron chi connectivity index (χ3n) is 3.22. The van der Waals surface area contributed by atoms with E-state index in [9.17, 15) is 4.79 Å². The van der Waals surface area contributed by atoms with Gasteiger partial charge in [0.1, 0.15) is 5.60 Å². The van der Waals surface area contributed by atoms with Crippen molar-refractivity contribution >= 4 is 6.09 Å². The summed E-state index contributed by atoms with van der Waals surface area (Å²) in [5, 5.41) is 4.35. The molecule has 5 nitrogen and oxygen atoms in total. The van der Waals surface area contributed by atoms with E-state index in [0.29, 0.717) is 6.04 Å². The van der Waals surface area contributed by atoms with Gasteiger partial charge in [0.05, 0.1) is 12.2 Å². The van der Waals surface area contributed by atoms with Gasteiger partial charge in [-0.3, -0.25) is 4.68 Å². The van der Waals surface area contributed by atoms with Gasteiger partial charge >= 0.3 is 6.09 Å². The molecule has 0 aromatic carbocycles. The van der Waals surface area contributed by atoms with Crippen LogP contribution in [0.2, 0.25) is 0 Å². The summed E-state index contributed by atoms with van der Waals surface area (Å²) < 4.78 is 7.40. The summed E-state index contributed by atoms with van der Waals surface area (Å²) in [6, 6.07) is 0.396. The Bertz CT molecular complexity index is 440. The van der Waals surface area contributed by atoms with Crippen LogP contribution in [0.15, 0.2) is 12.4 Å². The zero-order chi connectivity index (χ0) is 14.0. The average molecular weight is 265 g/mol. The first-order chi connectivity index (χ1) is 8.85. The van der Waals surface area contributed by atoms with Gasteiger partial charge in [-0.2, -0.15) is 5.10 Å². The molecule has 0 bridgehead atoms. The Morgan fingerprint density at radius 3 is 2.47 bits per heavy atom. The highest BCUT2D eigenvalue weighted by Crippen LogP contribution is 2.23. The number of aromatic nitrogens is 2. The molecular weight excluding hydrogens is 242 g/mol. The molecule has 2 heterocycles. The maximum absolute atomic E-state index is 11.9. The van der Waals surface area contributed by atoms with Crippen molar-refractivity contribution in [1.82, 2.24) is 14.7 Å². The molecule has 0 unspecified atom stereocenters. The second kappa shape index (κ2) is 5.23. The number of aryl methyl sites for hydroxylation is 1. The normalized spacial score (nSPS) is 17.6. The fourth-order valence-electron chi connectivity index (χ4n) is 2.27. The number of ether oxygens (including phenoxy) is 1. The topological polar surface area (TPSA) is 47.4 Å². The van der Waals surface area contributed by atoms with E-state index in [0.717, 1.165) is 25.9 Å². The van der Waals surface area contributed by atoms with Gasteiger partial charge < -0.3 is 9.64 Å². The van der Waals surface area contributed by atoms with Crippen LogP contribution < -0.4 is 0 Å². The molecule has 0 radical (unpaired) electrons. The summed E-state index contributed by atoms with van der Waals surface area (Å²) >= 11 is 0. The van der Waals surface area contributed by atoms with E-state index < -0.39 is 5.60 Å². The number of rotatable bonds is 1. The predicted molar refractivity (Wildman–Crippen MR) is 73.0 cm³/mol. The molecule has 0 spiro atoms. The Kier molecular flexibility index (Phi) is 3.83. The molecule has 1 fully saturated rings. The van der Waals surface area contributed by atoms with Crippen LogP contribution in [0.4, 0.5) is 4.79 Å². The molecule has 2 rings (SSSR count). The maximum atomic E-state index is 11.9. The van der Waals surface area contributed by atoms with Gasteiger partial charge in [-0.05, 0) is 46.1 Å². The third kappa shape index (κ3) is 3.72. The van der Waals surface area contributed by atoms with Crippen LogP contribution in [0.1, 0.15) is 45.2 Å². The molecule has 1 aliphatic rings. The van der Waals surface area contributed by atoms with Crippen molar-refractivity contribution in [2.24, 2.45) is 0 Å². The predicted octanol–water partition coefficient (Wildman–Crippen LogP) is 2.76. The average Bonchev–Trinajstić information content (AvgIpc) is 2.74. The van der Waals surface area contributed by atoms with Crippen LogP contribution in [0.5, 0.6) is 0 Å². The van der Waals surface area contributed by atoms with Crippen molar-refractivity contribution < 1.29 is 9.53 Å². The lowest BCUT2D eigenvalue weighted by molar-refractivity contribution is 0.0185. The van der Waals surface area contributed by atoms with E-state index in [4.69, 9.17) is 4.74 Å². The summed E-state index contributed by atoms with van der Waals surface area (Å²) in [4.78, 5) is 13.7. The van der Waals surface area contributed by atoms with Crippen molar-refractivity contribution in [2.75, 3.05) is 13.1 Å². The minimum Gasteiger partial charge on any atom is -0.444 e. The van der Waals surface area contributed by atoms with E-state index in [2.05, 4.69) is 11.3 Å². The highest BCUT2D eigenvalue weighted by Gasteiger charge is 2.27. The molecule has 0 aliphatic carbocycles. The zero-order valence-corrected chi connectivity index (χ0v) is 12.2. The first-order valence-electron chi connectivity index (χ1n) is 6.84. The lowest BCUT2D eigenvalue weighted by Gasteiger charge is -2.33. The molecule has 1 saturated heterocycles. The Morgan fingerprint density at radius 1 is 1.37 bits per heavy atom. The molecule has 1 aliphatic heterocycles. The van der Waals surface area contributed by atoms with E-state index in [1.165, 1.54) is 5.56 Å². The van der Waals surface area contributed by atoms with Crippen LogP contribution in [-0.4, -0.2) is 39.5 Å². The number of hydrogen-bond donors (Lipinski definition) is 0. The van der Waals surface area contributed by atoms with Crippen LogP contribution in [0.3, 0.4) is 0 Å². The lowest BCUT2D eigenvalue weighted by Crippen LogP contribution is -2.42. The monoisotopic (exact) mass is 265 g/mol. The fraction of sp³-hybridized carbons (Fsp3) is 0.714. The third-order valence-corrected chi connectivity index (χ3v) is 3.22. The van der Waals surface area contributed by atoms with Crippen LogP contribution in [0, 0.1) is 6.92 Å². The molecule has 106 valence electrons. The molecular formula is C14H23N3O2. The summed E-state index contributed by atoms with van der Waals surface area (Å²) in [7, 11) is 0. The number of piperidine rings is 1. The Labute approximate surface area is 114 Å². The maximum Gasteiger partial charge on any atom is 0.410 e. The Morgan fingerprint density at radius 2 is 2.00 bits per heavy atom. The van der Waals surface area contributed by atoms with E-state index in [-0.39, 0.29) is 6.09 Å². The van der Waals surface area contributed by atoms with Gasteiger partial charge in [0.15, 0.2) is 0 Å². The molecule has 1 amide bonds. The van der Waals surface area contributed by atoms with Crippen molar-refractivity contribution in [1.29, 1.82) is 0 Å². The minimum atomic E-state index is -0.424. The molecule has 0 atom stereocenters. The first-order valence-corrected chi connectivity index (χ1v) is 6.84. The summed E-state index contributed by atoms with van der Waals surface area (Å²) in [5.41, 5.74) is 0.752. The van der Waals surface area contributed by atoms with Crippen LogP contribution >= 0.6 is 0 Å². The van der Waals surface area contributed by atoms with Crippen LogP contribution in [-0.2, 0) is 4.74 Å². The number of nitrogens with zero attached hydrogens (tertiary/aromatic N) is 3.